The molecule has 19 heavy (non-hydrogen) atoms. The Balaban J connectivity index is 2.30. The fraction of sp³-hybridized carbons (Fsp3) is 0.0714. The summed E-state index contributed by atoms with van der Waals surface area (Å²) in [6.45, 7) is 1.94. The van der Waals surface area contributed by atoms with Crippen LogP contribution in [0.3, 0.4) is 0 Å². The maximum atomic E-state index is 12.2. The average molecular weight is 404 g/mol. The van der Waals surface area contributed by atoms with Gasteiger partial charge in [0, 0.05) is 8.95 Å². The number of amides is 1. The molecule has 0 aliphatic heterocycles. The lowest BCUT2D eigenvalue weighted by atomic mass is 10.1. The molecule has 0 unspecified atom stereocenters. The molecule has 98 valence electrons. The molecule has 0 fully saturated rings. The van der Waals surface area contributed by atoms with E-state index in [1.807, 2.05) is 31.2 Å². The van der Waals surface area contributed by atoms with Gasteiger partial charge in [0.25, 0.3) is 5.91 Å². The lowest BCUT2D eigenvalue weighted by Crippen LogP contribution is -2.13. The van der Waals surface area contributed by atoms with Crippen molar-refractivity contribution in [2.75, 3.05) is 5.32 Å². The van der Waals surface area contributed by atoms with E-state index in [9.17, 15) is 4.79 Å². The van der Waals surface area contributed by atoms with Crippen LogP contribution in [0, 0.1) is 6.92 Å². The maximum absolute atomic E-state index is 12.2. The van der Waals surface area contributed by atoms with E-state index in [1.54, 1.807) is 12.1 Å². The molecule has 1 amide bonds. The molecule has 0 heterocycles. The van der Waals surface area contributed by atoms with Gasteiger partial charge in [-0.25, -0.2) is 0 Å². The smallest absolute Gasteiger partial charge is 0.256 e. The minimum Gasteiger partial charge on any atom is -0.321 e. The molecule has 2 aromatic carbocycles. The van der Waals surface area contributed by atoms with Crippen molar-refractivity contribution in [3.8, 4) is 0 Å². The molecule has 0 aromatic heterocycles. The second kappa shape index (κ2) is 6.07. The third-order valence-electron chi connectivity index (χ3n) is 2.54. The SMILES string of the molecule is Cc1ccc(Br)c(C(=O)Nc2cc(Br)ccc2Cl)c1. The Morgan fingerprint density at radius 2 is 1.89 bits per heavy atom. The number of aryl methyl sites for hydroxylation is 1. The van der Waals surface area contributed by atoms with Crippen molar-refractivity contribution in [2.45, 2.75) is 6.92 Å². The van der Waals surface area contributed by atoms with Crippen molar-refractivity contribution in [3.05, 3.63) is 61.5 Å². The van der Waals surface area contributed by atoms with Crippen LogP contribution >= 0.6 is 43.5 Å². The van der Waals surface area contributed by atoms with Gasteiger partial charge in [-0.15, -0.1) is 0 Å². The maximum Gasteiger partial charge on any atom is 0.256 e. The largest absolute Gasteiger partial charge is 0.321 e. The van der Waals surface area contributed by atoms with Gasteiger partial charge in [-0.05, 0) is 53.2 Å². The predicted molar refractivity (Wildman–Crippen MR) is 86.0 cm³/mol. The number of rotatable bonds is 2. The van der Waals surface area contributed by atoms with Gasteiger partial charge in [-0.1, -0.05) is 39.2 Å². The number of anilines is 1. The van der Waals surface area contributed by atoms with E-state index in [1.165, 1.54) is 0 Å². The summed E-state index contributed by atoms with van der Waals surface area (Å²) in [5, 5.41) is 3.30. The van der Waals surface area contributed by atoms with Gasteiger partial charge in [-0.2, -0.15) is 0 Å². The van der Waals surface area contributed by atoms with Crippen LogP contribution in [0.2, 0.25) is 5.02 Å². The van der Waals surface area contributed by atoms with Crippen molar-refractivity contribution < 1.29 is 4.79 Å². The number of carbonyl (C=O) groups is 1. The van der Waals surface area contributed by atoms with Crippen molar-refractivity contribution in [1.82, 2.24) is 0 Å². The molecule has 1 N–H and O–H groups in total. The highest BCUT2D eigenvalue weighted by molar-refractivity contribution is 9.10. The molecule has 0 bridgehead atoms. The van der Waals surface area contributed by atoms with Crippen LogP contribution in [-0.2, 0) is 0 Å². The highest BCUT2D eigenvalue weighted by atomic mass is 79.9. The van der Waals surface area contributed by atoms with Crippen molar-refractivity contribution in [2.24, 2.45) is 0 Å². The summed E-state index contributed by atoms with van der Waals surface area (Å²) in [5.74, 6) is -0.199. The van der Waals surface area contributed by atoms with Gasteiger partial charge in [-0.3, -0.25) is 4.79 Å². The highest BCUT2D eigenvalue weighted by Crippen LogP contribution is 2.27. The molecule has 0 saturated carbocycles. The van der Waals surface area contributed by atoms with Crippen LogP contribution in [0.5, 0.6) is 0 Å². The standard InChI is InChI=1S/C14H10Br2ClNO/c1-8-2-4-11(16)10(6-8)14(19)18-13-7-9(15)3-5-12(13)17/h2-7H,1H3,(H,18,19). The number of halogens is 3. The molecule has 2 rings (SSSR count). The fourth-order valence-electron chi connectivity index (χ4n) is 1.60. The summed E-state index contributed by atoms with van der Waals surface area (Å²) >= 11 is 12.8. The van der Waals surface area contributed by atoms with Crippen LogP contribution in [0.25, 0.3) is 0 Å². The molecule has 2 nitrogen and oxygen atoms in total. The Hall–Kier alpha value is -0.840. The van der Waals surface area contributed by atoms with Gasteiger partial charge in [0.1, 0.15) is 0 Å². The van der Waals surface area contributed by atoms with E-state index < -0.39 is 0 Å². The first kappa shape index (κ1) is 14.6. The topological polar surface area (TPSA) is 29.1 Å². The first-order chi connectivity index (χ1) is 8.97. The fourth-order valence-corrected chi connectivity index (χ4v) is 2.55. The van der Waals surface area contributed by atoms with Crippen LogP contribution < -0.4 is 5.32 Å². The quantitative estimate of drug-likeness (QED) is 0.712. The molecule has 0 radical (unpaired) electrons. The van der Waals surface area contributed by atoms with Crippen LogP contribution in [0.15, 0.2) is 45.3 Å². The Labute approximate surface area is 133 Å². The highest BCUT2D eigenvalue weighted by Gasteiger charge is 2.12. The Bertz CT molecular complexity index is 643. The van der Waals surface area contributed by atoms with E-state index >= 15 is 0 Å². The minimum atomic E-state index is -0.199. The third kappa shape index (κ3) is 3.59. The normalized spacial score (nSPS) is 10.3. The third-order valence-corrected chi connectivity index (χ3v) is 4.06. The van der Waals surface area contributed by atoms with Gasteiger partial charge in [0.05, 0.1) is 16.3 Å². The summed E-state index contributed by atoms with van der Waals surface area (Å²) in [4.78, 5) is 12.2. The van der Waals surface area contributed by atoms with Gasteiger partial charge in [0.2, 0.25) is 0 Å². The van der Waals surface area contributed by atoms with Gasteiger partial charge >= 0.3 is 0 Å². The van der Waals surface area contributed by atoms with E-state index in [4.69, 9.17) is 11.6 Å². The van der Waals surface area contributed by atoms with Crippen LogP contribution in [0.1, 0.15) is 15.9 Å². The van der Waals surface area contributed by atoms with Crippen LogP contribution in [-0.4, -0.2) is 5.91 Å². The number of hydrogen-bond acceptors (Lipinski definition) is 1. The monoisotopic (exact) mass is 401 g/mol. The molecular weight excluding hydrogens is 393 g/mol. The second-order valence-electron chi connectivity index (χ2n) is 4.06. The number of carbonyl (C=O) groups excluding carboxylic acids is 1. The molecule has 5 heteroatoms. The van der Waals surface area contributed by atoms with Gasteiger partial charge < -0.3 is 5.32 Å². The van der Waals surface area contributed by atoms with Crippen LogP contribution in [0.4, 0.5) is 5.69 Å². The van der Waals surface area contributed by atoms with Crippen molar-refractivity contribution in [1.29, 1.82) is 0 Å². The first-order valence-corrected chi connectivity index (χ1v) is 7.46. The number of hydrogen-bond donors (Lipinski definition) is 1. The summed E-state index contributed by atoms with van der Waals surface area (Å²) < 4.78 is 1.61. The summed E-state index contributed by atoms with van der Waals surface area (Å²) in [6.07, 6.45) is 0. The molecule has 0 atom stereocenters. The molecule has 0 aliphatic carbocycles. The molecule has 0 aliphatic rings. The zero-order chi connectivity index (χ0) is 14.0. The molecular formula is C14H10Br2ClNO. The summed E-state index contributed by atoms with van der Waals surface area (Å²) in [7, 11) is 0. The molecule has 0 saturated heterocycles. The lowest BCUT2D eigenvalue weighted by molar-refractivity contribution is 0.102. The molecule has 2 aromatic rings. The zero-order valence-corrected chi connectivity index (χ0v) is 13.9. The summed E-state index contributed by atoms with van der Waals surface area (Å²) in [5.41, 5.74) is 2.18. The number of benzene rings is 2. The number of nitrogens with one attached hydrogen (secondary N) is 1. The van der Waals surface area contributed by atoms with E-state index in [-0.39, 0.29) is 5.91 Å². The minimum absolute atomic E-state index is 0.199. The Kier molecular flexibility index (Phi) is 4.66. The van der Waals surface area contributed by atoms with Crippen molar-refractivity contribution >= 4 is 55.1 Å². The van der Waals surface area contributed by atoms with Crippen molar-refractivity contribution in [3.63, 3.8) is 0 Å². The Morgan fingerprint density at radius 3 is 2.63 bits per heavy atom. The Morgan fingerprint density at radius 1 is 1.16 bits per heavy atom. The predicted octanol–water partition coefficient (Wildman–Crippen LogP) is 5.43. The summed E-state index contributed by atoms with van der Waals surface area (Å²) in [6, 6.07) is 10.9. The zero-order valence-electron chi connectivity index (χ0n) is 10.0. The molecule has 0 spiro atoms. The lowest BCUT2D eigenvalue weighted by Gasteiger charge is -2.09. The first-order valence-electron chi connectivity index (χ1n) is 5.50. The van der Waals surface area contributed by atoms with E-state index in [0.717, 1.165) is 14.5 Å². The van der Waals surface area contributed by atoms with Gasteiger partial charge in [0.15, 0.2) is 0 Å². The average Bonchev–Trinajstić information content (AvgIpc) is 2.36. The second-order valence-corrected chi connectivity index (χ2v) is 6.24. The van der Waals surface area contributed by atoms with E-state index in [2.05, 4.69) is 37.2 Å². The van der Waals surface area contributed by atoms with E-state index in [0.29, 0.717) is 16.3 Å².